The fourth-order valence-electron chi connectivity index (χ4n) is 2.25. The number of hydrogen-bond donors (Lipinski definition) is 3. The zero-order valence-electron chi connectivity index (χ0n) is 19.7. The second kappa shape index (κ2) is 18.6. The van der Waals surface area contributed by atoms with Crippen LogP contribution in [0.4, 0.5) is 14.5 Å². The summed E-state index contributed by atoms with van der Waals surface area (Å²) in [5, 5.41) is 4.04. The van der Waals surface area contributed by atoms with E-state index in [1.807, 2.05) is 0 Å². The Morgan fingerprint density at radius 1 is 1.00 bits per heavy atom. The molecule has 14 heteroatoms. The van der Waals surface area contributed by atoms with E-state index < -0.39 is 11.9 Å². The Labute approximate surface area is 225 Å². The number of aromatic nitrogens is 3. The lowest BCUT2D eigenvalue weighted by molar-refractivity contribution is -0.134. The average Bonchev–Trinajstić information content (AvgIpc) is 3.23. The van der Waals surface area contributed by atoms with Crippen molar-refractivity contribution in [1.82, 2.24) is 14.8 Å². The number of nitrogen functional groups attached to an aromatic ring is 1. The molecule has 0 amide bonds. The summed E-state index contributed by atoms with van der Waals surface area (Å²) < 4.78 is 35.6. The minimum Gasteiger partial charge on any atom is -0.461 e. The predicted octanol–water partition coefficient (Wildman–Crippen LogP) is 3.90. The van der Waals surface area contributed by atoms with Crippen LogP contribution in [0.15, 0.2) is 48.5 Å². The summed E-state index contributed by atoms with van der Waals surface area (Å²) in [5.74, 6) is 3.79. The van der Waals surface area contributed by atoms with Gasteiger partial charge in [0.25, 0.3) is 5.82 Å². The molecule has 0 saturated heterocycles. The molecule has 3 aromatic rings. The third kappa shape index (κ3) is 12.7. The maximum atomic E-state index is 12.8. The number of nitrogens with two attached hydrogens (primary N) is 2. The Kier molecular flexibility index (Phi) is 17.8. The largest absolute Gasteiger partial charge is 0.461 e. The van der Waals surface area contributed by atoms with Crippen LogP contribution in [0.3, 0.4) is 0 Å². The molecule has 0 atom stereocenters. The Morgan fingerprint density at radius 3 is 1.89 bits per heavy atom. The number of carbonyl (C=O) groups is 2. The Morgan fingerprint density at radius 2 is 1.49 bits per heavy atom. The number of benzene rings is 2. The second-order valence-corrected chi connectivity index (χ2v) is 6.77. The van der Waals surface area contributed by atoms with Crippen molar-refractivity contribution in [2.45, 2.75) is 28.2 Å². The van der Waals surface area contributed by atoms with Crippen molar-refractivity contribution < 1.29 is 27.8 Å². The van der Waals surface area contributed by atoms with Crippen LogP contribution in [0.1, 0.15) is 37.7 Å². The topological polar surface area (TPSA) is 147 Å². The van der Waals surface area contributed by atoms with E-state index >= 15 is 0 Å². The van der Waals surface area contributed by atoms with Crippen LogP contribution >= 0.6 is 24.6 Å². The molecule has 0 bridgehead atoms. The number of nitrogens with zero attached hydrogens (tertiary/aromatic N) is 3. The van der Waals surface area contributed by atoms with Gasteiger partial charge in [0, 0.05) is 5.69 Å². The van der Waals surface area contributed by atoms with Crippen molar-refractivity contribution in [3.63, 3.8) is 0 Å². The van der Waals surface area contributed by atoms with E-state index in [0.29, 0.717) is 23.8 Å². The molecule has 204 valence electrons. The lowest BCUT2D eigenvalue weighted by Gasteiger charge is -2.01. The summed E-state index contributed by atoms with van der Waals surface area (Å²) >= 11 is 4.29. The van der Waals surface area contributed by atoms with Crippen LogP contribution in [0.25, 0.3) is 5.69 Å². The summed E-state index contributed by atoms with van der Waals surface area (Å²) in [5.41, 5.74) is 8.61. The van der Waals surface area contributed by atoms with Gasteiger partial charge in [0.1, 0.15) is 17.5 Å². The quantitative estimate of drug-likeness (QED) is 0.182. The molecule has 0 spiro atoms. The van der Waals surface area contributed by atoms with Gasteiger partial charge in [-0.15, -0.1) is 17.5 Å². The number of thiocarbonyl (C=S) groups is 1. The third-order valence-electron chi connectivity index (χ3n) is 3.79. The number of nitrogens with one attached hydrogen (secondary N) is 1. The SMILES string of the molecule is C.CCOC(=O)C(N)=S.CCOC(=O)c1nc(C)n(-c2ccc(F)cc2)n1.Cl.NNc1ccc(F)cc1. The van der Waals surface area contributed by atoms with E-state index in [1.54, 1.807) is 45.0 Å². The summed E-state index contributed by atoms with van der Waals surface area (Å²) in [7, 11) is 0. The highest BCUT2D eigenvalue weighted by Crippen LogP contribution is 2.11. The molecule has 2 aromatic carbocycles. The van der Waals surface area contributed by atoms with Crippen LogP contribution in [-0.4, -0.2) is 44.9 Å². The van der Waals surface area contributed by atoms with E-state index in [1.165, 1.54) is 28.9 Å². The molecular weight excluding hydrogens is 530 g/mol. The average molecular weight is 561 g/mol. The fourth-order valence-corrected chi connectivity index (χ4v) is 2.31. The first-order valence-electron chi connectivity index (χ1n) is 10.2. The van der Waals surface area contributed by atoms with Gasteiger partial charge in [0.05, 0.1) is 18.9 Å². The minimum atomic E-state index is -0.609. The van der Waals surface area contributed by atoms with Gasteiger partial charge in [-0.2, -0.15) is 0 Å². The van der Waals surface area contributed by atoms with Gasteiger partial charge >= 0.3 is 11.9 Å². The Bertz CT molecular complexity index is 1120. The highest BCUT2D eigenvalue weighted by Gasteiger charge is 2.16. The molecule has 0 fully saturated rings. The van der Waals surface area contributed by atoms with Gasteiger partial charge in [0.2, 0.25) is 0 Å². The van der Waals surface area contributed by atoms with Crippen molar-refractivity contribution >= 4 is 47.2 Å². The van der Waals surface area contributed by atoms with Gasteiger partial charge in [-0.05, 0) is 69.3 Å². The zero-order chi connectivity index (χ0) is 26.4. The number of rotatable bonds is 5. The number of halogens is 3. The molecule has 10 nitrogen and oxygen atoms in total. The lowest BCUT2D eigenvalue weighted by atomic mass is 10.3. The number of esters is 2. The first-order valence-corrected chi connectivity index (χ1v) is 10.6. The Balaban J connectivity index is 0. The number of hydrogen-bond acceptors (Lipinski definition) is 9. The third-order valence-corrected chi connectivity index (χ3v) is 3.95. The van der Waals surface area contributed by atoms with Crippen molar-refractivity contribution in [1.29, 1.82) is 0 Å². The molecule has 0 aliphatic carbocycles. The summed E-state index contributed by atoms with van der Waals surface area (Å²) in [6.45, 7) is 5.69. The number of aryl methyl sites for hydroxylation is 1. The van der Waals surface area contributed by atoms with Crippen molar-refractivity contribution in [3.8, 4) is 5.69 Å². The smallest absolute Gasteiger partial charge is 0.378 e. The fraction of sp³-hybridized carbons (Fsp3) is 0.261. The molecule has 3 rings (SSSR count). The molecule has 1 heterocycles. The summed E-state index contributed by atoms with van der Waals surface area (Å²) in [6, 6.07) is 11.6. The number of anilines is 1. The number of carbonyl (C=O) groups excluding carboxylic acids is 2. The second-order valence-electron chi connectivity index (χ2n) is 6.33. The number of hydrazine groups is 1. The van der Waals surface area contributed by atoms with Crippen LogP contribution in [0, 0.1) is 18.6 Å². The standard InChI is InChI=1S/C12H12FN3O2.C6H7FN2.C4H7NO2S.CH4.ClH/c1-3-18-12(17)11-14-8(2)16(15-11)10-6-4-9(13)5-7-10;7-5-1-3-6(9-8)4-2-5;1-2-7-4(6)3(5)8;;/h4-7H,3H2,1-2H3;1-4,9H,8H2;2H2,1H3,(H2,5,8);1H4;1H. The minimum absolute atomic E-state index is 0. The van der Waals surface area contributed by atoms with Crippen LogP contribution in [0.2, 0.25) is 0 Å². The van der Waals surface area contributed by atoms with Crippen molar-refractivity contribution in [3.05, 3.63) is 71.8 Å². The lowest BCUT2D eigenvalue weighted by Crippen LogP contribution is -2.23. The molecule has 0 aliphatic rings. The highest BCUT2D eigenvalue weighted by molar-refractivity contribution is 7.81. The molecule has 1 aromatic heterocycles. The normalized spacial score (nSPS) is 9.03. The van der Waals surface area contributed by atoms with Gasteiger partial charge < -0.3 is 20.6 Å². The number of ether oxygens (including phenoxy) is 2. The molecule has 5 N–H and O–H groups in total. The van der Waals surface area contributed by atoms with Gasteiger partial charge in [-0.3, -0.25) is 5.84 Å². The molecule has 0 radical (unpaired) electrons. The van der Waals surface area contributed by atoms with E-state index in [0.717, 1.165) is 0 Å². The van der Waals surface area contributed by atoms with Crippen molar-refractivity contribution in [2.24, 2.45) is 11.6 Å². The van der Waals surface area contributed by atoms with Gasteiger partial charge in [-0.1, -0.05) is 19.6 Å². The maximum absolute atomic E-state index is 12.8. The molecule has 0 unspecified atom stereocenters. The van der Waals surface area contributed by atoms with Crippen LogP contribution < -0.4 is 17.0 Å². The van der Waals surface area contributed by atoms with Gasteiger partial charge in [-0.25, -0.2) is 28.0 Å². The first-order chi connectivity index (χ1) is 16.6. The first kappa shape index (κ1) is 35.5. The molecular formula is C23H31ClF2N6O4S. The summed E-state index contributed by atoms with van der Waals surface area (Å²) in [6.07, 6.45) is 0. The summed E-state index contributed by atoms with van der Waals surface area (Å²) in [4.78, 5) is 25.5. The van der Waals surface area contributed by atoms with E-state index in [9.17, 15) is 18.4 Å². The van der Waals surface area contributed by atoms with Crippen LogP contribution in [0.5, 0.6) is 0 Å². The molecule has 0 aliphatic heterocycles. The van der Waals surface area contributed by atoms with Crippen LogP contribution in [-0.2, 0) is 14.3 Å². The zero-order valence-corrected chi connectivity index (χ0v) is 21.4. The molecule has 0 saturated carbocycles. The van der Waals surface area contributed by atoms with E-state index in [2.05, 4.69) is 32.5 Å². The van der Waals surface area contributed by atoms with Gasteiger partial charge in [0.15, 0.2) is 4.99 Å². The Hall–Kier alpha value is -3.68. The maximum Gasteiger partial charge on any atom is 0.378 e. The monoisotopic (exact) mass is 560 g/mol. The highest BCUT2D eigenvalue weighted by atomic mass is 35.5. The van der Waals surface area contributed by atoms with Crippen molar-refractivity contribution in [2.75, 3.05) is 18.6 Å². The molecule has 37 heavy (non-hydrogen) atoms. The van der Waals surface area contributed by atoms with E-state index in [4.69, 9.17) is 16.3 Å². The van der Waals surface area contributed by atoms with E-state index in [-0.39, 0.29) is 48.9 Å². The predicted molar refractivity (Wildman–Crippen MR) is 144 cm³/mol.